The van der Waals surface area contributed by atoms with Gasteiger partial charge < -0.3 is 34.9 Å². The van der Waals surface area contributed by atoms with Crippen LogP contribution in [0.4, 0.5) is 11.8 Å². The number of nitrogens with two attached hydrogens (primary N) is 1. The summed E-state index contributed by atoms with van der Waals surface area (Å²) >= 11 is 0. The Morgan fingerprint density at radius 3 is 2.66 bits per heavy atom. The standard InChI is InChI=1S/C22H23N5O5/c1-30-18-11-14-13(10-15(18)28)20(23)25-22(24-14)27-8-6-26(7-9-27)21(29)19-12-31-16-4-2-3-5-17(16)32-19/h2-5,10-11,19,28H,6-9,12H2,1H3,(H2,23,24,25)/t19-/m1/s1. The quantitative estimate of drug-likeness (QED) is 0.626. The molecular formula is C22H23N5O5. The number of methoxy groups -OCH3 is 1. The minimum Gasteiger partial charge on any atom is -0.504 e. The van der Waals surface area contributed by atoms with Gasteiger partial charge in [0.15, 0.2) is 23.0 Å². The van der Waals surface area contributed by atoms with Gasteiger partial charge in [-0.2, -0.15) is 4.98 Å². The minimum atomic E-state index is -0.663. The predicted octanol–water partition coefficient (Wildman–Crippen LogP) is 1.41. The number of anilines is 2. The van der Waals surface area contributed by atoms with E-state index < -0.39 is 6.10 Å². The average Bonchev–Trinajstić information content (AvgIpc) is 2.83. The van der Waals surface area contributed by atoms with Crippen LogP contribution in [0.1, 0.15) is 0 Å². The molecule has 2 aliphatic heterocycles. The van der Waals surface area contributed by atoms with E-state index >= 15 is 0 Å². The molecule has 2 aromatic carbocycles. The number of nitrogen functional groups attached to an aromatic ring is 1. The van der Waals surface area contributed by atoms with Gasteiger partial charge >= 0.3 is 0 Å². The van der Waals surface area contributed by atoms with E-state index in [9.17, 15) is 9.90 Å². The Hall–Kier alpha value is -3.95. The summed E-state index contributed by atoms with van der Waals surface area (Å²) in [5, 5.41) is 10.5. The molecule has 0 saturated carbocycles. The highest BCUT2D eigenvalue weighted by Gasteiger charge is 2.33. The molecule has 3 aromatic rings. The smallest absolute Gasteiger partial charge is 0.267 e. The molecule has 0 radical (unpaired) electrons. The number of piperazine rings is 1. The SMILES string of the molecule is COc1cc2nc(N3CCN(C(=O)[C@H]4COc5ccccc5O4)CC3)nc(N)c2cc1O. The van der Waals surface area contributed by atoms with Crippen molar-refractivity contribution in [1.82, 2.24) is 14.9 Å². The summed E-state index contributed by atoms with van der Waals surface area (Å²) in [5.74, 6) is 2.17. The number of phenolic OH excluding ortho intramolecular Hbond substituents is 1. The fraction of sp³-hybridized carbons (Fsp3) is 0.318. The summed E-state index contributed by atoms with van der Waals surface area (Å²) in [6, 6.07) is 10.5. The third kappa shape index (κ3) is 3.53. The molecule has 3 heterocycles. The number of ether oxygens (including phenoxy) is 3. The molecule has 10 heteroatoms. The van der Waals surface area contributed by atoms with Crippen LogP contribution in [0, 0.1) is 0 Å². The predicted molar refractivity (Wildman–Crippen MR) is 117 cm³/mol. The lowest BCUT2D eigenvalue weighted by atomic mass is 10.2. The van der Waals surface area contributed by atoms with Crippen molar-refractivity contribution in [1.29, 1.82) is 0 Å². The van der Waals surface area contributed by atoms with Gasteiger partial charge in [0.05, 0.1) is 12.6 Å². The third-order valence-electron chi connectivity index (χ3n) is 5.67. The van der Waals surface area contributed by atoms with Gasteiger partial charge in [0.2, 0.25) is 12.1 Å². The molecule has 3 N–H and O–H groups in total. The van der Waals surface area contributed by atoms with Gasteiger partial charge in [0.1, 0.15) is 12.4 Å². The van der Waals surface area contributed by atoms with Crippen molar-refractivity contribution in [2.45, 2.75) is 6.10 Å². The van der Waals surface area contributed by atoms with Crippen LogP contribution in [0.15, 0.2) is 36.4 Å². The van der Waals surface area contributed by atoms with Crippen molar-refractivity contribution >= 4 is 28.6 Å². The number of phenols is 1. The highest BCUT2D eigenvalue weighted by Crippen LogP contribution is 2.34. The number of amides is 1. The van der Waals surface area contributed by atoms with Crippen LogP contribution in [-0.2, 0) is 4.79 Å². The summed E-state index contributed by atoms with van der Waals surface area (Å²) in [7, 11) is 1.47. The fourth-order valence-corrected chi connectivity index (χ4v) is 3.93. The second-order valence-corrected chi connectivity index (χ2v) is 7.63. The van der Waals surface area contributed by atoms with Gasteiger partial charge in [0, 0.05) is 37.6 Å². The number of aromatic hydroxyl groups is 1. The van der Waals surface area contributed by atoms with Gasteiger partial charge in [-0.15, -0.1) is 0 Å². The highest BCUT2D eigenvalue weighted by atomic mass is 16.6. The van der Waals surface area contributed by atoms with Gasteiger partial charge in [-0.05, 0) is 18.2 Å². The van der Waals surface area contributed by atoms with E-state index in [2.05, 4.69) is 9.97 Å². The number of benzene rings is 2. The third-order valence-corrected chi connectivity index (χ3v) is 5.67. The van der Waals surface area contributed by atoms with Crippen LogP contribution < -0.4 is 24.8 Å². The van der Waals surface area contributed by atoms with Crippen LogP contribution in [0.5, 0.6) is 23.0 Å². The number of aromatic nitrogens is 2. The van der Waals surface area contributed by atoms with E-state index in [1.165, 1.54) is 13.2 Å². The zero-order valence-corrected chi connectivity index (χ0v) is 17.5. The first kappa shape index (κ1) is 20.0. The molecule has 0 bridgehead atoms. The lowest BCUT2D eigenvalue weighted by Gasteiger charge is -2.37. The van der Waals surface area contributed by atoms with E-state index in [1.54, 1.807) is 17.0 Å². The summed E-state index contributed by atoms with van der Waals surface area (Å²) in [6.07, 6.45) is -0.663. The van der Waals surface area contributed by atoms with Gasteiger partial charge in [0.25, 0.3) is 5.91 Å². The van der Waals surface area contributed by atoms with Crippen molar-refractivity contribution in [3.8, 4) is 23.0 Å². The topological polar surface area (TPSA) is 123 Å². The van der Waals surface area contributed by atoms with E-state index in [0.29, 0.717) is 60.3 Å². The van der Waals surface area contributed by atoms with E-state index in [1.807, 2.05) is 23.1 Å². The molecule has 0 spiro atoms. The lowest BCUT2D eigenvalue weighted by molar-refractivity contribution is -0.141. The highest BCUT2D eigenvalue weighted by molar-refractivity contribution is 5.91. The second kappa shape index (κ2) is 7.95. The number of fused-ring (bicyclic) bond motifs is 2. The molecule has 0 unspecified atom stereocenters. The number of carbonyl (C=O) groups is 1. The first-order chi connectivity index (χ1) is 15.5. The zero-order valence-electron chi connectivity index (χ0n) is 17.5. The number of rotatable bonds is 3. The first-order valence-corrected chi connectivity index (χ1v) is 10.3. The Morgan fingerprint density at radius 1 is 1.16 bits per heavy atom. The molecule has 1 aromatic heterocycles. The van der Waals surface area contributed by atoms with Crippen LogP contribution in [-0.4, -0.2) is 71.9 Å². The Labute approximate surface area is 184 Å². The van der Waals surface area contributed by atoms with E-state index in [-0.39, 0.29) is 24.1 Å². The number of para-hydroxylation sites is 2. The van der Waals surface area contributed by atoms with Crippen LogP contribution in [0.25, 0.3) is 10.9 Å². The lowest BCUT2D eigenvalue weighted by Crippen LogP contribution is -2.54. The summed E-state index contributed by atoms with van der Waals surface area (Å²) < 4.78 is 16.7. The van der Waals surface area contributed by atoms with Crippen molar-refractivity contribution in [3.63, 3.8) is 0 Å². The van der Waals surface area contributed by atoms with Crippen molar-refractivity contribution in [3.05, 3.63) is 36.4 Å². The van der Waals surface area contributed by atoms with E-state index in [0.717, 1.165) is 0 Å². The van der Waals surface area contributed by atoms with Crippen LogP contribution in [0.2, 0.25) is 0 Å². The van der Waals surface area contributed by atoms with Gasteiger partial charge in [-0.3, -0.25) is 4.79 Å². The summed E-state index contributed by atoms with van der Waals surface area (Å²) in [5.41, 5.74) is 6.69. The minimum absolute atomic E-state index is 0.0216. The van der Waals surface area contributed by atoms with Crippen LogP contribution >= 0.6 is 0 Å². The Bertz CT molecular complexity index is 1180. The maximum Gasteiger partial charge on any atom is 0.267 e. The molecule has 1 amide bonds. The largest absolute Gasteiger partial charge is 0.504 e. The number of hydrogen-bond acceptors (Lipinski definition) is 9. The Morgan fingerprint density at radius 2 is 1.91 bits per heavy atom. The maximum atomic E-state index is 13.0. The summed E-state index contributed by atoms with van der Waals surface area (Å²) in [4.78, 5) is 25.7. The molecule has 2 aliphatic rings. The zero-order chi connectivity index (χ0) is 22.2. The molecule has 10 nitrogen and oxygen atoms in total. The van der Waals surface area contributed by atoms with E-state index in [4.69, 9.17) is 19.9 Å². The number of nitrogens with zero attached hydrogens (tertiary/aromatic N) is 4. The fourth-order valence-electron chi connectivity index (χ4n) is 3.93. The van der Waals surface area contributed by atoms with Crippen molar-refractivity contribution < 1.29 is 24.1 Å². The molecule has 1 saturated heterocycles. The number of hydrogen-bond donors (Lipinski definition) is 2. The second-order valence-electron chi connectivity index (χ2n) is 7.63. The first-order valence-electron chi connectivity index (χ1n) is 10.3. The molecule has 32 heavy (non-hydrogen) atoms. The Balaban J connectivity index is 1.28. The van der Waals surface area contributed by atoms with Gasteiger partial charge in [-0.25, -0.2) is 4.98 Å². The average molecular weight is 437 g/mol. The molecule has 1 atom stereocenters. The Kier molecular flexibility index (Phi) is 4.96. The van der Waals surface area contributed by atoms with Gasteiger partial charge in [-0.1, -0.05) is 12.1 Å². The van der Waals surface area contributed by atoms with Crippen molar-refractivity contribution in [2.75, 3.05) is 50.5 Å². The molecular weight excluding hydrogens is 414 g/mol. The summed E-state index contributed by atoms with van der Waals surface area (Å²) in [6.45, 7) is 2.29. The molecule has 5 rings (SSSR count). The van der Waals surface area contributed by atoms with Crippen LogP contribution in [0.3, 0.4) is 0 Å². The molecule has 166 valence electrons. The maximum absolute atomic E-state index is 13.0. The number of carbonyl (C=O) groups excluding carboxylic acids is 1. The molecule has 1 fully saturated rings. The normalized spacial score (nSPS) is 18.0. The molecule has 0 aliphatic carbocycles. The van der Waals surface area contributed by atoms with Crippen molar-refractivity contribution in [2.24, 2.45) is 0 Å². The monoisotopic (exact) mass is 437 g/mol.